The molecule has 0 amide bonds. The average molecular weight is 382 g/mol. The number of hydrogen-bond acceptors (Lipinski definition) is 8. The molecule has 3 aromatic rings. The molecule has 0 saturated heterocycles. The molecule has 0 fully saturated rings. The fraction of sp³-hybridized carbons (Fsp3) is 0.263. The lowest BCUT2D eigenvalue weighted by atomic mass is 10.2. The second-order valence-corrected chi connectivity index (χ2v) is 6.97. The van der Waals surface area contributed by atoms with Gasteiger partial charge in [0.05, 0.1) is 18.7 Å². The molecule has 0 saturated carbocycles. The molecule has 3 heterocycles. The van der Waals surface area contributed by atoms with Crippen molar-refractivity contribution >= 4 is 22.4 Å². The van der Waals surface area contributed by atoms with E-state index in [9.17, 15) is 4.79 Å². The normalized spacial score (nSPS) is 12.2. The van der Waals surface area contributed by atoms with Gasteiger partial charge in [0, 0.05) is 24.3 Å². The van der Waals surface area contributed by atoms with Gasteiger partial charge in [-0.05, 0) is 36.8 Å². The molecule has 0 bridgehead atoms. The zero-order valence-corrected chi connectivity index (χ0v) is 15.6. The van der Waals surface area contributed by atoms with Crippen LogP contribution in [0.1, 0.15) is 24.0 Å². The number of ether oxygens (including phenoxy) is 2. The third kappa shape index (κ3) is 4.22. The number of ketones is 1. The van der Waals surface area contributed by atoms with Crippen molar-refractivity contribution in [2.24, 2.45) is 0 Å². The van der Waals surface area contributed by atoms with E-state index in [1.165, 1.54) is 11.5 Å². The van der Waals surface area contributed by atoms with Gasteiger partial charge in [-0.2, -0.15) is 4.37 Å². The average Bonchev–Trinajstić information content (AvgIpc) is 3.30. The molecule has 138 valence electrons. The number of nitrogens with zero attached hydrogens (tertiary/aromatic N) is 4. The molecule has 1 aliphatic rings. The van der Waals surface area contributed by atoms with Crippen molar-refractivity contribution in [2.45, 2.75) is 26.4 Å². The number of hydrogen-bond donors (Lipinski definition) is 0. The Balaban J connectivity index is 1.59. The zero-order chi connectivity index (χ0) is 18.6. The maximum atomic E-state index is 11.4. The summed E-state index contributed by atoms with van der Waals surface area (Å²) in [6.07, 6.45) is 2.02. The van der Waals surface area contributed by atoms with E-state index >= 15 is 0 Å². The first-order valence-corrected chi connectivity index (χ1v) is 9.30. The van der Waals surface area contributed by atoms with Crippen LogP contribution in [-0.4, -0.2) is 26.9 Å². The summed E-state index contributed by atoms with van der Waals surface area (Å²) < 4.78 is 15.2. The molecular formula is C19H18N4O3S. The molecule has 1 aromatic carbocycles. The second kappa shape index (κ2) is 7.71. The zero-order valence-electron chi connectivity index (χ0n) is 14.8. The predicted molar refractivity (Wildman–Crippen MR) is 101 cm³/mol. The molecular weight excluding hydrogens is 364 g/mol. The first-order valence-electron chi connectivity index (χ1n) is 8.53. The molecule has 7 nitrogen and oxygen atoms in total. The first-order chi connectivity index (χ1) is 13.2. The maximum Gasteiger partial charge on any atom is 0.231 e. The smallest absolute Gasteiger partial charge is 0.231 e. The molecule has 4 rings (SSSR count). The van der Waals surface area contributed by atoms with Crippen LogP contribution in [0.15, 0.2) is 42.6 Å². The lowest BCUT2D eigenvalue weighted by molar-refractivity contribution is -0.116. The molecule has 0 aliphatic carbocycles. The number of fused-ring (bicyclic) bond motifs is 1. The number of Topliss-reactive ketones (excluding diaryl/α,β-unsaturated/α-hetero) is 1. The van der Waals surface area contributed by atoms with Crippen molar-refractivity contribution in [1.82, 2.24) is 14.3 Å². The highest BCUT2D eigenvalue weighted by Crippen LogP contribution is 2.33. The number of rotatable bonds is 7. The van der Waals surface area contributed by atoms with E-state index in [0.717, 1.165) is 27.9 Å². The van der Waals surface area contributed by atoms with Crippen molar-refractivity contribution in [3.8, 4) is 11.5 Å². The Morgan fingerprint density at radius 1 is 1.19 bits per heavy atom. The van der Waals surface area contributed by atoms with E-state index in [4.69, 9.17) is 9.47 Å². The fourth-order valence-corrected chi connectivity index (χ4v) is 3.49. The highest BCUT2D eigenvalue weighted by Gasteiger charge is 2.18. The molecule has 8 heteroatoms. The Labute approximate surface area is 160 Å². The van der Waals surface area contributed by atoms with Crippen LogP contribution in [-0.2, 0) is 24.3 Å². The van der Waals surface area contributed by atoms with E-state index in [-0.39, 0.29) is 19.0 Å². The van der Waals surface area contributed by atoms with Gasteiger partial charge in [-0.25, -0.2) is 4.98 Å². The summed E-state index contributed by atoms with van der Waals surface area (Å²) in [5.41, 5.74) is 2.00. The van der Waals surface area contributed by atoms with Crippen molar-refractivity contribution in [1.29, 1.82) is 0 Å². The number of aromatic nitrogens is 3. The predicted octanol–water partition coefficient (Wildman–Crippen LogP) is 3.00. The number of benzene rings is 1. The van der Waals surface area contributed by atoms with Crippen molar-refractivity contribution in [3.63, 3.8) is 0 Å². The third-order valence-corrected chi connectivity index (χ3v) is 4.84. The summed E-state index contributed by atoms with van der Waals surface area (Å²) in [5, 5.41) is 0.759. The quantitative estimate of drug-likeness (QED) is 0.622. The molecule has 0 N–H and O–H groups in total. The van der Waals surface area contributed by atoms with Crippen LogP contribution in [0.25, 0.3) is 0 Å². The van der Waals surface area contributed by atoms with Crippen LogP contribution in [0.4, 0.5) is 5.13 Å². The third-order valence-electron chi connectivity index (χ3n) is 4.02. The molecule has 1 aliphatic heterocycles. The minimum Gasteiger partial charge on any atom is -0.454 e. The van der Waals surface area contributed by atoms with Crippen LogP contribution in [0.5, 0.6) is 11.5 Å². The molecule has 0 unspecified atom stereocenters. The van der Waals surface area contributed by atoms with Gasteiger partial charge in [-0.15, -0.1) is 0 Å². The van der Waals surface area contributed by atoms with Crippen LogP contribution in [0.2, 0.25) is 0 Å². The van der Waals surface area contributed by atoms with Gasteiger partial charge in [0.1, 0.15) is 5.78 Å². The Bertz CT molecular complexity index is 945. The minimum atomic E-state index is 0.0476. The van der Waals surface area contributed by atoms with E-state index in [0.29, 0.717) is 18.9 Å². The van der Waals surface area contributed by atoms with E-state index in [1.54, 1.807) is 13.1 Å². The summed E-state index contributed by atoms with van der Waals surface area (Å²) in [7, 11) is 0. The fourth-order valence-electron chi connectivity index (χ4n) is 2.81. The van der Waals surface area contributed by atoms with Crippen LogP contribution < -0.4 is 14.4 Å². The number of anilines is 1. The van der Waals surface area contributed by atoms with E-state index in [2.05, 4.69) is 19.2 Å². The SMILES string of the molecule is CC(=O)Cc1nsc(N(Cc2ccc3c(c2)OCO3)Cc2ccccn2)n1. The van der Waals surface area contributed by atoms with Gasteiger partial charge in [-0.3, -0.25) is 9.78 Å². The first kappa shape index (κ1) is 17.4. The Morgan fingerprint density at radius 2 is 2.07 bits per heavy atom. The van der Waals surface area contributed by atoms with Crippen molar-refractivity contribution in [2.75, 3.05) is 11.7 Å². The number of carbonyl (C=O) groups excluding carboxylic acids is 1. The van der Waals surface area contributed by atoms with Gasteiger partial charge < -0.3 is 14.4 Å². The van der Waals surface area contributed by atoms with Gasteiger partial charge in [0.2, 0.25) is 11.9 Å². The van der Waals surface area contributed by atoms with Gasteiger partial charge in [-0.1, -0.05) is 12.1 Å². The summed E-state index contributed by atoms with van der Waals surface area (Å²) in [6.45, 7) is 2.99. The molecule has 2 aromatic heterocycles. The Morgan fingerprint density at radius 3 is 2.89 bits per heavy atom. The summed E-state index contributed by atoms with van der Waals surface area (Å²) in [6, 6.07) is 11.7. The maximum absolute atomic E-state index is 11.4. The highest BCUT2D eigenvalue weighted by molar-refractivity contribution is 7.09. The van der Waals surface area contributed by atoms with Crippen molar-refractivity contribution < 1.29 is 14.3 Å². The molecule has 0 atom stereocenters. The molecule has 27 heavy (non-hydrogen) atoms. The Kier molecular flexibility index (Phi) is 4.97. The van der Waals surface area contributed by atoms with Gasteiger partial charge in [0.15, 0.2) is 17.3 Å². The standard InChI is InChI=1S/C19H18N4O3S/c1-13(24)8-18-21-19(27-22-18)23(11-15-4-2-3-7-20-15)10-14-5-6-16-17(9-14)26-12-25-16/h2-7,9H,8,10-12H2,1H3. The monoisotopic (exact) mass is 382 g/mol. The van der Waals surface area contributed by atoms with Gasteiger partial charge >= 0.3 is 0 Å². The van der Waals surface area contributed by atoms with E-state index in [1.807, 2.05) is 36.4 Å². The van der Waals surface area contributed by atoms with Crippen LogP contribution >= 0.6 is 11.5 Å². The lowest BCUT2D eigenvalue weighted by Crippen LogP contribution is -2.22. The largest absolute Gasteiger partial charge is 0.454 e. The Hall–Kier alpha value is -3.00. The van der Waals surface area contributed by atoms with E-state index < -0.39 is 0 Å². The summed E-state index contributed by atoms with van der Waals surface area (Å²) >= 11 is 1.29. The highest BCUT2D eigenvalue weighted by atomic mass is 32.1. The number of carbonyl (C=O) groups is 1. The molecule has 0 spiro atoms. The number of pyridine rings is 1. The van der Waals surface area contributed by atoms with Crippen LogP contribution in [0, 0.1) is 0 Å². The summed E-state index contributed by atoms with van der Waals surface area (Å²) in [4.78, 5) is 22.4. The lowest BCUT2D eigenvalue weighted by Gasteiger charge is -2.21. The second-order valence-electron chi connectivity index (χ2n) is 6.24. The van der Waals surface area contributed by atoms with Crippen molar-refractivity contribution in [3.05, 3.63) is 59.7 Å². The topological polar surface area (TPSA) is 77.4 Å². The molecule has 0 radical (unpaired) electrons. The van der Waals surface area contributed by atoms with Gasteiger partial charge in [0.25, 0.3) is 0 Å². The summed E-state index contributed by atoms with van der Waals surface area (Å²) in [5.74, 6) is 2.11. The van der Waals surface area contributed by atoms with Crippen LogP contribution in [0.3, 0.4) is 0 Å². The minimum absolute atomic E-state index is 0.0476.